The normalized spacial score (nSPS) is 21.7. The second kappa shape index (κ2) is 8.41. The molecule has 0 unspecified atom stereocenters. The molecule has 0 bridgehead atoms. The van der Waals surface area contributed by atoms with Crippen molar-refractivity contribution in [2.24, 2.45) is 0 Å². The maximum absolute atomic E-state index is 12.5. The zero-order chi connectivity index (χ0) is 22.4. The standard InChI is InChI=1S/C23H29ClN6O2/c1-14(12-28-13-16(24)10-26-28)22-27-21-18-5-4-15(2)29(23(31)32-3)19(18)6-7-20(21)30(22)17-8-9-25-11-17/h6-7,10,13-15,17,25H,4-5,8-9,11-12H2,1-3H3/t14-,15-,17-/m0/s1. The number of nitrogens with zero attached hydrogens (tertiary/aromatic N) is 5. The van der Waals surface area contributed by atoms with E-state index in [0.29, 0.717) is 17.6 Å². The number of aromatic nitrogens is 4. The van der Waals surface area contributed by atoms with Gasteiger partial charge < -0.3 is 14.6 Å². The van der Waals surface area contributed by atoms with Crippen LogP contribution < -0.4 is 10.2 Å². The van der Waals surface area contributed by atoms with Crippen molar-refractivity contribution in [2.45, 2.75) is 57.7 Å². The van der Waals surface area contributed by atoms with Crippen molar-refractivity contribution < 1.29 is 9.53 Å². The fourth-order valence-corrected chi connectivity index (χ4v) is 5.34. The summed E-state index contributed by atoms with van der Waals surface area (Å²) in [6.45, 7) is 6.89. The van der Waals surface area contributed by atoms with Crippen LogP contribution in [0.3, 0.4) is 0 Å². The summed E-state index contributed by atoms with van der Waals surface area (Å²) < 4.78 is 9.36. The molecule has 170 valence electrons. The molecule has 3 atom stereocenters. The summed E-state index contributed by atoms with van der Waals surface area (Å²) in [5, 5.41) is 8.48. The molecule has 9 heteroatoms. The van der Waals surface area contributed by atoms with Gasteiger partial charge in [0.15, 0.2) is 0 Å². The number of ether oxygens (including phenoxy) is 1. The lowest BCUT2D eigenvalue weighted by molar-refractivity contribution is 0.175. The number of halogens is 1. The lowest BCUT2D eigenvalue weighted by Gasteiger charge is -2.34. The molecule has 2 aromatic heterocycles. The number of carbonyl (C=O) groups excluding carboxylic acids is 1. The van der Waals surface area contributed by atoms with Gasteiger partial charge in [-0.05, 0) is 44.9 Å². The van der Waals surface area contributed by atoms with E-state index in [9.17, 15) is 4.79 Å². The van der Waals surface area contributed by atoms with Gasteiger partial charge >= 0.3 is 6.09 Å². The quantitative estimate of drug-likeness (QED) is 0.638. The third-order valence-electron chi connectivity index (χ3n) is 6.76. The molecule has 0 saturated carbocycles. The molecule has 1 aromatic carbocycles. The predicted octanol–water partition coefficient (Wildman–Crippen LogP) is 4.13. The highest BCUT2D eigenvalue weighted by molar-refractivity contribution is 6.30. The van der Waals surface area contributed by atoms with E-state index in [1.165, 1.54) is 7.11 Å². The number of amides is 1. The summed E-state index contributed by atoms with van der Waals surface area (Å²) in [5.74, 6) is 1.20. The van der Waals surface area contributed by atoms with Gasteiger partial charge in [0.25, 0.3) is 0 Å². The first-order valence-electron chi connectivity index (χ1n) is 11.3. The van der Waals surface area contributed by atoms with Crippen molar-refractivity contribution in [3.8, 4) is 0 Å². The van der Waals surface area contributed by atoms with Crippen LogP contribution in [0.15, 0.2) is 24.5 Å². The molecule has 3 aromatic rings. The van der Waals surface area contributed by atoms with Crippen LogP contribution in [0.25, 0.3) is 11.0 Å². The van der Waals surface area contributed by atoms with E-state index in [2.05, 4.69) is 41.0 Å². The Labute approximate surface area is 192 Å². The summed E-state index contributed by atoms with van der Waals surface area (Å²) in [6, 6.07) is 4.63. The number of aryl methyl sites for hydroxylation is 1. The molecular weight excluding hydrogens is 428 g/mol. The first-order valence-corrected chi connectivity index (χ1v) is 11.6. The van der Waals surface area contributed by atoms with E-state index in [1.54, 1.807) is 11.1 Å². The maximum Gasteiger partial charge on any atom is 0.414 e. The number of rotatable bonds is 4. The molecule has 5 rings (SSSR count). The fourth-order valence-electron chi connectivity index (χ4n) is 5.18. The molecule has 8 nitrogen and oxygen atoms in total. The monoisotopic (exact) mass is 456 g/mol. The Bertz CT molecular complexity index is 1150. The third kappa shape index (κ3) is 3.55. The SMILES string of the molecule is COC(=O)N1c2ccc3c(nc([C@@H](C)Cn4cc(Cl)cn4)n3[C@H]3CCNC3)c2CC[C@@H]1C. The lowest BCUT2D eigenvalue weighted by Crippen LogP contribution is -2.42. The number of benzene rings is 1. The minimum absolute atomic E-state index is 0.0940. The van der Waals surface area contributed by atoms with Crippen molar-refractivity contribution in [3.05, 3.63) is 40.9 Å². The maximum atomic E-state index is 12.5. The average molecular weight is 457 g/mol. The van der Waals surface area contributed by atoms with E-state index in [-0.39, 0.29) is 18.1 Å². The molecule has 1 N–H and O–H groups in total. The fraction of sp³-hybridized carbons (Fsp3) is 0.522. The topological polar surface area (TPSA) is 77.2 Å². The van der Waals surface area contributed by atoms with Crippen LogP contribution in [-0.4, -0.2) is 51.7 Å². The molecule has 32 heavy (non-hydrogen) atoms. The van der Waals surface area contributed by atoms with Gasteiger partial charge in [0.2, 0.25) is 0 Å². The Morgan fingerprint density at radius 1 is 1.38 bits per heavy atom. The molecule has 1 fully saturated rings. The predicted molar refractivity (Wildman–Crippen MR) is 125 cm³/mol. The van der Waals surface area contributed by atoms with Crippen LogP contribution in [0.2, 0.25) is 5.02 Å². The van der Waals surface area contributed by atoms with Gasteiger partial charge in [0.05, 0.1) is 41.6 Å². The Hall–Kier alpha value is -2.58. The molecule has 4 heterocycles. The van der Waals surface area contributed by atoms with Gasteiger partial charge in [-0.25, -0.2) is 9.78 Å². The molecule has 0 spiro atoms. The van der Waals surface area contributed by atoms with E-state index < -0.39 is 0 Å². The summed E-state index contributed by atoms with van der Waals surface area (Å²) in [5.41, 5.74) is 4.18. The van der Waals surface area contributed by atoms with Gasteiger partial charge in [-0.2, -0.15) is 5.10 Å². The first kappa shape index (κ1) is 21.3. The summed E-state index contributed by atoms with van der Waals surface area (Å²) in [6.07, 6.45) is 6.04. The minimum Gasteiger partial charge on any atom is -0.452 e. The third-order valence-corrected chi connectivity index (χ3v) is 6.95. The molecule has 1 saturated heterocycles. The Kier molecular flexibility index (Phi) is 5.59. The first-order chi connectivity index (χ1) is 15.5. The summed E-state index contributed by atoms with van der Waals surface area (Å²) in [7, 11) is 1.44. The Balaban J connectivity index is 1.63. The number of hydrogen-bond donors (Lipinski definition) is 1. The van der Waals surface area contributed by atoms with E-state index in [0.717, 1.165) is 60.5 Å². The number of carbonyl (C=O) groups is 1. The van der Waals surface area contributed by atoms with Gasteiger partial charge in [-0.15, -0.1) is 0 Å². The number of methoxy groups -OCH3 is 1. The van der Waals surface area contributed by atoms with Crippen molar-refractivity contribution in [3.63, 3.8) is 0 Å². The number of fused-ring (bicyclic) bond motifs is 3. The minimum atomic E-state index is -0.318. The summed E-state index contributed by atoms with van der Waals surface area (Å²) in [4.78, 5) is 19.5. The molecule has 0 radical (unpaired) electrons. The van der Waals surface area contributed by atoms with E-state index in [1.807, 2.05) is 10.9 Å². The molecular formula is C23H29ClN6O2. The van der Waals surface area contributed by atoms with Crippen molar-refractivity contribution in [2.75, 3.05) is 25.1 Å². The van der Waals surface area contributed by atoms with Crippen LogP contribution in [0, 0.1) is 0 Å². The second-order valence-corrected chi connectivity index (χ2v) is 9.36. The lowest BCUT2D eigenvalue weighted by atomic mass is 9.95. The number of anilines is 1. The van der Waals surface area contributed by atoms with E-state index in [4.69, 9.17) is 21.3 Å². The number of nitrogens with one attached hydrogen (secondary N) is 1. The molecule has 0 aliphatic carbocycles. The van der Waals surface area contributed by atoms with Crippen LogP contribution in [0.4, 0.5) is 10.5 Å². The molecule has 1 amide bonds. The van der Waals surface area contributed by atoms with Crippen LogP contribution in [0.1, 0.15) is 50.0 Å². The second-order valence-electron chi connectivity index (χ2n) is 8.93. The molecule has 2 aliphatic heterocycles. The van der Waals surface area contributed by atoms with Crippen LogP contribution in [0.5, 0.6) is 0 Å². The Morgan fingerprint density at radius 2 is 2.22 bits per heavy atom. The average Bonchev–Trinajstić information content (AvgIpc) is 3.52. The van der Waals surface area contributed by atoms with Gasteiger partial charge in [0, 0.05) is 36.3 Å². The van der Waals surface area contributed by atoms with Crippen LogP contribution in [-0.2, 0) is 17.7 Å². The zero-order valence-electron chi connectivity index (χ0n) is 18.7. The highest BCUT2D eigenvalue weighted by Crippen LogP contribution is 2.39. The largest absolute Gasteiger partial charge is 0.452 e. The Morgan fingerprint density at radius 3 is 2.91 bits per heavy atom. The highest BCUT2D eigenvalue weighted by Gasteiger charge is 2.33. The smallest absolute Gasteiger partial charge is 0.414 e. The zero-order valence-corrected chi connectivity index (χ0v) is 19.5. The highest BCUT2D eigenvalue weighted by atomic mass is 35.5. The van der Waals surface area contributed by atoms with Crippen LogP contribution >= 0.6 is 11.6 Å². The number of imidazole rings is 1. The van der Waals surface area contributed by atoms with Gasteiger partial charge in [-0.3, -0.25) is 9.58 Å². The molecule has 2 aliphatic rings. The van der Waals surface area contributed by atoms with Crippen molar-refractivity contribution in [1.82, 2.24) is 24.6 Å². The van der Waals surface area contributed by atoms with E-state index >= 15 is 0 Å². The number of hydrogen-bond acceptors (Lipinski definition) is 5. The van der Waals surface area contributed by atoms with Crippen molar-refractivity contribution >= 4 is 34.4 Å². The van der Waals surface area contributed by atoms with Crippen molar-refractivity contribution in [1.29, 1.82) is 0 Å². The van der Waals surface area contributed by atoms with Gasteiger partial charge in [0.1, 0.15) is 5.82 Å². The van der Waals surface area contributed by atoms with Gasteiger partial charge in [-0.1, -0.05) is 18.5 Å². The summed E-state index contributed by atoms with van der Waals surface area (Å²) >= 11 is 6.08.